The summed E-state index contributed by atoms with van der Waals surface area (Å²) in [5.74, 6) is -5.93. The van der Waals surface area contributed by atoms with E-state index in [1.165, 1.54) is 5.56 Å². The summed E-state index contributed by atoms with van der Waals surface area (Å²) >= 11 is 2.25. The predicted molar refractivity (Wildman–Crippen MR) is 293 cm³/mol. The van der Waals surface area contributed by atoms with Crippen LogP contribution in [-0.4, -0.2) is 203 Å². The Bertz CT molecular complexity index is 2000. The van der Waals surface area contributed by atoms with E-state index < -0.39 is 66.3 Å². The number of nitrogens with one attached hydrogen (secondary N) is 4. The summed E-state index contributed by atoms with van der Waals surface area (Å²) in [6.07, 6.45) is 7.92. The molecule has 428 valence electrons. The Morgan fingerprint density at radius 1 is 0.487 bits per heavy atom. The van der Waals surface area contributed by atoms with E-state index in [1.54, 1.807) is 0 Å². The Morgan fingerprint density at radius 3 is 1.50 bits per heavy atom. The topological polar surface area (TPSA) is 313 Å². The summed E-state index contributed by atoms with van der Waals surface area (Å²) in [4.78, 5) is 132. The molecule has 4 amide bonds. The average Bonchev–Trinajstić information content (AvgIpc) is 3.35. The van der Waals surface area contributed by atoms with Crippen LogP contribution in [0.5, 0.6) is 0 Å². The molecule has 1 fully saturated rings. The number of likely N-dealkylation sites (N-methyl/N-ethyl adjacent to an activating group) is 2. The highest BCUT2D eigenvalue weighted by molar-refractivity contribution is 14.1. The Kier molecular flexibility index (Phi) is 34.6. The first-order chi connectivity index (χ1) is 36.2. The van der Waals surface area contributed by atoms with Gasteiger partial charge in [0, 0.05) is 107 Å². The van der Waals surface area contributed by atoms with Crippen molar-refractivity contribution >= 4 is 81.7 Å². The number of hydrogen-bond donors (Lipinski definition) is 8. The largest absolute Gasteiger partial charge is 0.481 e. The fraction of sp³-hybridized carbons (Fsp3) is 0.698. The van der Waals surface area contributed by atoms with Crippen molar-refractivity contribution in [2.24, 2.45) is 0 Å². The highest BCUT2D eigenvalue weighted by Crippen LogP contribution is 2.15. The number of rotatable bonds is 38. The normalized spacial score (nSPS) is 15.5. The number of carbonyl (C=O) groups is 10. The van der Waals surface area contributed by atoms with Gasteiger partial charge in [0.15, 0.2) is 0 Å². The zero-order valence-corrected chi connectivity index (χ0v) is 46.9. The van der Waals surface area contributed by atoms with Crippen molar-refractivity contribution in [1.82, 2.24) is 40.9 Å². The maximum absolute atomic E-state index is 13.9. The van der Waals surface area contributed by atoms with Crippen molar-refractivity contribution in [3.05, 3.63) is 33.4 Å². The summed E-state index contributed by atoms with van der Waals surface area (Å²) in [5.41, 5.74) is 1.18. The van der Waals surface area contributed by atoms with Crippen LogP contribution in [0, 0.1) is 3.57 Å². The van der Waals surface area contributed by atoms with Crippen LogP contribution < -0.4 is 21.3 Å². The van der Waals surface area contributed by atoms with Gasteiger partial charge in [0.25, 0.3) is 0 Å². The minimum Gasteiger partial charge on any atom is -0.481 e. The SMILES string of the molecule is CN1CCN(C)CCN(CC(=O)NC(CCC(=O)CCCCCCCC(=O)CCCNC(=O)NC(CCC(=O)O)C(=O)O)C(=O)NC(CCCCCC(=O)CCCc2ccc(I)cc2)C(=O)O)CCN(CC(=O)O)CC1. The molecular weight excluding hydrogens is 1100 g/mol. The zero-order valence-electron chi connectivity index (χ0n) is 44.7. The van der Waals surface area contributed by atoms with Gasteiger partial charge in [-0.25, -0.2) is 14.4 Å². The van der Waals surface area contributed by atoms with Crippen molar-refractivity contribution < 1.29 is 68.4 Å². The number of Topliss-reactive ketones (excluding diaryl/α,β-unsaturated/α-hetero) is 3. The number of amides is 4. The summed E-state index contributed by atoms with van der Waals surface area (Å²) in [5, 5.41) is 47.7. The Labute approximate surface area is 461 Å². The van der Waals surface area contributed by atoms with Crippen molar-refractivity contribution in [2.45, 2.75) is 153 Å². The van der Waals surface area contributed by atoms with Gasteiger partial charge in [-0.2, -0.15) is 0 Å². The number of hydrogen-bond acceptors (Lipinski definition) is 14. The van der Waals surface area contributed by atoms with Gasteiger partial charge in [-0.05, 0) is 112 Å². The summed E-state index contributed by atoms with van der Waals surface area (Å²) in [6.45, 7) is 4.46. The van der Waals surface area contributed by atoms with Crippen LogP contribution in [-0.2, 0) is 49.6 Å². The number of nitrogens with zero attached hydrogens (tertiary/aromatic N) is 4. The number of carbonyl (C=O) groups excluding carboxylic acids is 6. The third kappa shape index (κ3) is 33.1. The molecule has 1 aliphatic rings. The number of carboxylic acids is 4. The standard InChI is InChI=1S/C53H85IN8O14/c1-59-29-30-60(2)32-34-62(38-49(69)70)36-35-61(33-31-59)37-47(66)56-44(50(71)57-45(51(72)73)19-10-6-9-15-41(63)17-11-13-39-20-22-40(54)23-21-39)25-24-43(65)16-8-5-3-4-7-14-42(64)18-12-28-55-53(76)58-46(52(74)75)26-27-48(67)68/h20-23,44-46H,3-19,24-38H2,1-2H3,(H,56,66)(H,57,71)(H,67,68)(H,69,70)(H,72,73)(H,74,75)(H2,55,58,76). The van der Waals surface area contributed by atoms with Crippen LogP contribution >= 0.6 is 22.6 Å². The van der Waals surface area contributed by atoms with Gasteiger partial charge < -0.3 is 51.5 Å². The minimum atomic E-state index is -1.35. The van der Waals surface area contributed by atoms with Gasteiger partial charge in [-0.15, -0.1) is 0 Å². The number of urea groups is 1. The molecule has 0 bridgehead atoms. The molecule has 1 aromatic rings. The lowest BCUT2D eigenvalue weighted by Gasteiger charge is -2.31. The highest BCUT2D eigenvalue weighted by Gasteiger charge is 2.28. The predicted octanol–water partition coefficient (Wildman–Crippen LogP) is 3.80. The second-order valence-electron chi connectivity index (χ2n) is 19.9. The molecule has 0 radical (unpaired) electrons. The van der Waals surface area contributed by atoms with Crippen LogP contribution in [0.15, 0.2) is 24.3 Å². The summed E-state index contributed by atoms with van der Waals surface area (Å²) in [7, 11) is 3.98. The van der Waals surface area contributed by atoms with Crippen molar-refractivity contribution in [3.63, 3.8) is 0 Å². The number of unbranched alkanes of at least 4 members (excludes halogenated alkanes) is 6. The van der Waals surface area contributed by atoms with Gasteiger partial charge in [0.2, 0.25) is 11.8 Å². The summed E-state index contributed by atoms with van der Waals surface area (Å²) < 4.78 is 1.15. The molecule has 1 saturated heterocycles. The molecule has 0 spiro atoms. The Balaban J connectivity index is 1.92. The average molecular weight is 1190 g/mol. The van der Waals surface area contributed by atoms with E-state index in [4.69, 9.17) is 5.11 Å². The molecule has 3 unspecified atom stereocenters. The van der Waals surface area contributed by atoms with Crippen LogP contribution in [0.25, 0.3) is 0 Å². The number of carboxylic acid groups (broad SMARTS) is 4. The fourth-order valence-corrected chi connectivity index (χ4v) is 8.87. The van der Waals surface area contributed by atoms with Crippen molar-refractivity contribution in [2.75, 3.05) is 86.1 Å². The maximum Gasteiger partial charge on any atom is 0.326 e. The molecular formula is C53H85IN8O14. The Hall–Kier alpha value is -5.11. The first-order valence-electron chi connectivity index (χ1n) is 26.8. The van der Waals surface area contributed by atoms with Crippen LogP contribution in [0.4, 0.5) is 4.79 Å². The van der Waals surface area contributed by atoms with Crippen LogP contribution in [0.2, 0.25) is 0 Å². The smallest absolute Gasteiger partial charge is 0.326 e. The molecule has 2 rings (SSSR count). The molecule has 0 saturated carbocycles. The lowest BCUT2D eigenvalue weighted by molar-refractivity contribution is -0.143. The molecule has 76 heavy (non-hydrogen) atoms. The van der Waals surface area contributed by atoms with E-state index in [2.05, 4.69) is 65.8 Å². The van der Waals surface area contributed by atoms with Gasteiger partial charge in [0.05, 0.1) is 13.1 Å². The molecule has 1 aliphatic heterocycles. The quantitative estimate of drug-likeness (QED) is 0.0345. The van der Waals surface area contributed by atoms with E-state index >= 15 is 0 Å². The molecule has 22 nitrogen and oxygen atoms in total. The number of halogens is 1. The monoisotopic (exact) mass is 1180 g/mol. The first kappa shape index (κ1) is 67.0. The fourth-order valence-electron chi connectivity index (χ4n) is 8.51. The maximum atomic E-state index is 13.9. The third-order valence-electron chi connectivity index (χ3n) is 13.3. The lowest BCUT2D eigenvalue weighted by atomic mass is 10.0. The molecule has 1 aromatic carbocycles. The lowest BCUT2D eigenvalue weighted by Crippen LogP contribution is -2.54. The number of ketones is 3. The number of aryl methyl sites for hydroxylation is 1. The Morgan fingerprint density at radius 2 is 0.947 bits per heavy atom. The van der Waals surface area contributed by atoms with Gasteiger partial charge >= 0.3 is 29.9 Å². The highest BCUT2D eigenvalue weighted by atomic mass is 127. The second-order valence-corrected chi connectivity index (χ2v) is 21.1. The molecule has 23 heteroatoms. The molecule has 8 N–H and O–H groups in total. The zero-order chi connectivity index (χ0) is 56.3. The minimum absolute atomic E-state index is 0.00752. The van der Waals surface area contributed by atoms with Crippen molar-refractivity contribution in [3.8, 4) is 0 Å². The first-order valence-corrected chi connectivity index (χ1v) is 27.9. The van der Waals surface area contributed by atoms with Gasteiger partial charge in [-0.1, -0.05) is 44.2 Å². The second kappa shape index (κ2) is 39.3. The molecule has 3 atom stereocenters. The van der Waals surface area contributed by atoms with E-state index in [1.807, 2.05) is 36.0 Å². The molecule has 1 heterocycles. The molecule has 0 aliphatic carbocycles. The van der Waals surface area contributed by atoms with E-state index in [0.29, 0.717) is 97.1 Å². The van der Waals surface area contributed by atoms with Gasteiger partial charge in [0.1, 0.15) is 35.5 Å². The van der Waals surface area contributed by atoms with E-state index in [0.717, 1.165) is 48.8 Å². The summed E-state index contributed by atoms with van der Waals surface area (Å²) in [6, 6.07) is 3.59. The van der Waals surface area contributed by atoms with Crippen LogP contribution in [0.3, 0.4) is 0 Å². The molecule has 0 aromatic heterocycles. The number of aliphatic carboxylic acids is 4. The van der Waals surface area contributed by atoms with E-state index in [9.17, 15) is 63.3 Å². The third-order valence-corrected chi connectivity index (χ3v) is 14.0. The van der Waals surface area contributed by atoms with Crippen LogP contribution in [0.1, 0.15) is 134 Å². The van der Waals surface area contributed by atoms with E-state index in [-0.39, 0.29) is 75.5 Å². The van der Waals surface area contributed by atoms with Crippen molar-refractivity contribution in [1.29, 1.82) is 0 Å². The number of benzene rings is 1. The van der Waals surface area contributed by atoms with Gasteiger partial charge in [-0.3, -0.25) is 43.4 Å².